The fraction of sp³-hybridized carbons (Fsp3) is 0.273. The van der Waals surface area contributed by atoms with Crippen molar-refractivity contribution in [3.63, 3.8) is 0 Å². The van der Waals surface area contributed by atoms with Crippen molar-refractivity contribution in [2.24, 2.45) is 7.05 Å². The summed E-state index contributed by atoms with van der Waals surface area (Å²) in [4.78, 5) is 10.4. The van der Waals surface area contributed by atoms with E-state index in [1.165, 1.54) is 0 Å². The lowest BCUT2D eigenvalue weighted by Gasteiger charge is -2.00. The Labute approximate surface area is 87.1 Å². The van der Waals surface area contributed by atoms with Crippen molar-refractivity contribution in [1.29, 1.82) is 0 Å². The van der Waals surface area contributed by atoms with E-state index in [1.54, 1.807) is 10.9 Å². The molecule has 15 heavy (non-hydrogen) atoms. The van der Waals surface area contributed by atoms with Crippen LogP contribution in [0.2, 0.25) is 0 Å². The number of aromatic nitrogens is 2. The lowest BCUT2D eigenvalue weighted by atomic mass is 10.1. The number of aliphatic carboxylic acids is 1. The topological polar surface area (TPSA) is 55.1 Å². The van der Waals surface area contributed by atoms with Crippen LogP contribution in [0.1, 0.15) is 12.0 Å². The summed E-state index contributed by atoms with van der Waals surface area (Å²) < 4.78 is 1.79. The highest BCUT2D eigenvalue weighted by atomic mass is 16.4. The molecule has 4 heteroatoms. The largest absolute Gasteiger partial charge is 0.481 e. The van der Waals surface area contributed by atoms with Gasteiger partial charge in [0.1, 0.15) is 0 Å². The fourth-order valence-electron chi connectivity index (χ4n) is 1.60. The molecule has 0 aliphatic heterocycles. The molecule has 1 N–H and O–H groups in total. The van der Waals surface area contributed by atoms with Crippen molar-refractivity contribution < 1.29 is 9.90 Å². The van der Waals surface area contributed by atoms with Gasteiger partial charge in [-0.2, -0.15) is 5.10 Å². The summed E-state index contributed by atoms with van der Waals surface area (Å²) in [6.07, 6.45) is 2.54. The van der Waals surface area contributed by atoms with E-state index in [0.29, 0.717) is 6.42 Å². The van der Waals surface area contributed by atoms with Gasteiger partial charge in [-0.3, -0.25) is 9.48 Å². The first-order chi connectivity index (χ1) is 7.16. The van der Waals surface area contributed by atoms with Crippen molar-refractivity contribution >= 4 is 16.9 Å². The summed E-state index contributed by atoms with van der Waals surface area (Å²) in [7, 11) is 1.88. The summed E-state index contributed by atoms with van der Waals surface area (Å²) in [5.41, 5.74) is 2.08. The lowest BCUT2D eigenvalue weighted by Crippen LogP contribution is -1.97. The SMILES string of the molecule is Cn1ncc2ccc(CCC(=O)O)cc21. The number of aryl methyl sites for hydroxylation is 2. The molecule has 2 rings (SSSR count). The third kappa shape index (κ3) is 1.98. The van der Waals surface area contributed by atoms with Crippen LogP contribution in [0.3, 0.4) is 0 Å². The molecule has 0 atom stereocenters. The molecule has 0 bridgehead atoms. The van der Waals surface area contributed by atoms with Gasteiger partial charge >= 0.3 is 5.97 Å². The third-order valence-electron chi connectivity index (χ3n) is 2.44. The Morgan fingerprint density at radius 2 is 2.33 bits per heavy atom. The summed E-state index contributed by atoms with van der Waals surface area (Å²) in [5.74, 6) is -0.764. The first kappa shape index (κ1) is 9.71. The number of carboxylic acid groups (broad SMARTS) is 1. The predicted octanol–water partition coefficient (Wildman–Crippen LogP) is 1.59. The van der Waals surface area contributed by atoms with Crippen LogP contribution in [0.4, 0.5) is 0 Å². The van der Waals surface area contributed by atoms with Crippen LogP contribution in [0, 0.1) is 0 Å². The molecular formula is C11H12N2O2. The zero-order chi connectivity index (χ0) is 10.8. The van der Waals surface area contributed by atoms with Crippen LogP contribution in [-0.4, -0.2) is 20.9 Å². The summed E-state index contributed by atoms with van der Waals surface area (Å²) in [5, 5.41) is 13.8. The third-order valence-corrected chi connectivity index (χ3v) is 2.44. The maximum absolute atomic E-state index is 10.4. The van der Waals surface area contributed by atoms with Crippen LogP contribution in [0.5, 0.6) is 0 Å². The number of hydrogen-bond acceptors (Lipinski definition) is 2. The van der Waals surface area contributed by atoms with Crippen molar-refractivity contribution in [2.45, 2.75) is 12.8 Å². The monoisotopic (exact) mass is 204 g/mol. The van der Waals surface area contributed by atoms with E-state index in [0.717, 1.165) is 16.5 Å². The van der Waals surface area contributed by atoms with Crippen molar-refractivity contribution in [3.8, 4) is 0 Å². The van der Waals surface area contributed by atoms with Crippen LogP contribution < -0.4 is 0 Å². The molecule has 0 unspecified atom stereocenters. The second kappa shape index (κ2) is 3.73. The number of carboxylic acids is 1. The Kier molecular flexibility index (Phi) is 2.41. The summed E-state index contributed by atoms with van der Waals surface area (Å²) in [6, 6.07) is 5.91. The average Bonchev–Trinajstić information content (AvgIpc) is 2.57. The lowest BCUT2D eigenvalue weighted by molar-refractivity contribution is -0.136. The van der Waals surface area contributed by atoms with Gasteiger partial charge < -0.3 is 5.11 Å². The smallest absolute Gasteiger partial charge is 0.303 e. The molecule has 0 amide bonds. The molecule has 1 heterocycles. The van der Waals surface area contributed by atoms with E-state index in [4.69, 9.17) is 5.11 Å². The minimum atomic E-state index is -0.764. The van der Waals surface area contributed by atoms with E-state index in [-0.39, 0.29) is 6.42 Å². The van der Waals surface area contributed by atoms with E-state index in [2.05, 4.69) is 5.10 Å². The minimum Gasteiger partial charge on any atom is -0.481 e. The number of benzene rings is 1. The van der Waals surface area contributed by atoms with Crippen LogP contribution >= 0.6 is 0 Å². The van der Waals surface area contributed by atoms with E-state index in [1.807, 2.05) is 25.2 Å². The van der Waals surface area contributed by atoms with Gasteiger partial charge in [0.25, 0.3) is 0 Å². The van der Waals surface area contributed by atoms with Crippen LogP contribution in [-0.2, 0) is 18.3 Å². The molecule has 2 aromatic rings. The standard InChI is InChI=1S/C11H12N2O2/c1-13-10-6-8(3-5-11(14)15)2-4-9(10)7-12-13/h2,4,6-7H,3,5H2,1H3,(H,14,15). The van der Waals surface area contributed by atoms with Gasteiger partial charge in [0, 0.05) is 18.9 Å². The molecule has 0 saturated carbocycles. The molecule has 0 radical (unpaired) electrons. The maximum atomic E-state index is 10.4. The van der Waals surface area contributed by atoms with Gasteiger partial charge in [-0.05, 0) is 18.1 Å². The summed E-state index contributed by atoms with van der Waals surface area (Å²) >= 11 is 0. The first-order valence-electron chi connectivity index (χ1n) is 4.79. The number of fused-ring (bicyclic) bond motifs is 1. The zero-order valence-corrected chi connectivity index (χ0v) is 8.47. The molecule has 78 valence electrons. The first-order valence-corrected chi connectivity index (χ1v) is 4.79. The maximum Gasteiger partial charge on any atom is 0.303 e. The van der Waals surface area contributed by atoms with Crippen molar-refractivity contribution in [2.75, 3.05) is 0 Å². The molecule has 0 aliphatic carbocycles. The van der Waals surface area contributed by atoms with Gasteiger partial charge in [0.2, 0.25) is 0 Å². The Bertz CT molecular complexity index is 502. The highest BCUT2D eigenvalue weighted by Crippen LogP contribution is 2.15. The molecule has 1 aromatic carbocycles. The van der Waals surface area contributed by atoms with Gasteiger partial charge in [-0.15, -0.1) is 0 Å². The zero-order valence-electron chi connectivity index (χ0n) is 8.47. The Balaban J connectivity index is 2.29. The normalized spacial score (nSPS) is 10.7. The number of rotatable bonds is 3. The van der Waals surface area contributed by atoms with Crippen LogP contribution in [0.15, 0.2) is 24.4 Å². The second-order valence-corrected chi connectivity index (χ2v) is 3.56. The van der Waals surface area contributed by atoms with E-state index < -0.39 is 5.97 Å². The highest BCUT2D eigenvalue weighted by Gasteiger charge is 2.03. The molecule has 0 aliphatic rings. The van der Waals surface area contributed by atoms with E-state index >= 15 is 0 Å². The number of carbonyl (C=O) groups is 1. The second-order valence-electron chi connectivity index (χ2n) is 3.56. The Morgan fingerprint density at radius 1 is 1.53 bits per heavy atom. The molecule has 0 spiro atoms. The highest BCUT2D eigenvalue weighted by molar-refractivity contribution is 5.79. The predicted molar refractivity (Wildman–Crippen MR) is 56.7 cm³/mol. The van der Waals surface area contributed by atoms with Crippen molar-refractivity contribution in [3.05, 3.63) is 30.0 Å². The molecule has 1 aromatic heterocycles. The molecule has 0 fully saturated rings. The van der Waals surface area contributed by atoms with Gasteiger partial charge in [-0.25, -0.2) is 0 Å². The van der Waals surface area contributed by atoms with Gasteiger partial charge in [-0.1, -0.05) is 12.1 Å². The summed E-state index contributed by atoms with van der Waals surface area (Å²) in [6.45, 7) is 0. The van der Waals surface area contributed by atoms with E-state index in [9.17, 15) is 4.79 Å². The Hall–Kier alpha value is -1.84. The van der Waals surface area contributed by atoms with Crippen LogP contribution in [0.25, 0.3) is 10.9 Å². The fourth-order valence-corrected chi connectivity index (χ4v) is 1.60. The van der Waals surface area contributed by atoms with Crippen molar-refractivity contribution in [1.82, 2.24) is 9.78 Å². The Morgan fingerprint density at radius 3 is 3.07 bits per heavy atom. The minimum absolute atomic E-state index is 0.170. The number of hydrogen-bond donors (Lipinski definition) is 1. The quantitative estimate of drug-likeness (QED) is 0.826. The molecule has 0 saturated heterocycles. The van der Waals surface area contributed by atoms with Gasteiger partial charge in [0.15, 0.2) is 0 Å². The average molecular weight is 204 g/mol. The molecule has 4 nitrogen and oxygen atoms in total. The van der Waals surface area contributed by atoms with Gasteiger partial charge in [0.05, 0.1) is 11.7 Å². The molecular weight excluding hydrogens is 192 g/mol. The number of nitrogens with zero attached hydrogens (tertiary/aromatic N) is 2.